The molecule has 0 amide bonds. The summed E-state index contributed by atoms with van der Waals surface area (Å²) >= 11 is 1.78. The van der Waals surface area contributed by atoms with Gasteiger partial charge in [-0.15, -0.1) is 11.3 Å². The Bertz CT molecular complexity index is 675. The lowest BCUT2D eigenvalue weighted by Crippen LogP contribution is -2.38. The molecule has 0 saturated heterocycles. The quantitative estimate of drug-likeness (QED) is 0.401. The minimum absolute atomic E-state index is 0.845. The number of rotatable bonds is 9. The van der Waals surface area contributed by atoms with E-state index in [0.717, 1.165) is 56.2 Å². The molecule has 1 heterocycles. The van der Waals surface area contributed by atoms with E-state index in [-0.39, 0.29) is 0 Å². The molecule has 0 bridgehead atoms. The molecule has 2 N–H and O–H groups in total. The van der Waals surface area contributed by atoms with Gasteiger partial charge in [-0.3, -0.25) is 4.99 Å². The number of thiazole rings is 1. The van der Waals surface area contributed by atoms with Crippen molar-refractivity contribution in [2.45, 2.75) is 39.5 Å². The molecule has 2 aromatic rings. The van der Waals surface area contributed by atoms with Crippen molar-refractivity contribution in [2.75, 3.05) is 27.2 Å². The van der Waals surface area contributed by atoms with Gasteiger partial charge in [0, 0.05) is 31.4 Å². The van der Waals surface area contributed by atoms with Crippen molar-refractivity contribution in [2.24, 2.45) is 4.99 Å². The molecular weight excluding hydrogens is 344 g/mol. The first kappa shape index (κ1) is 20.2. The van der Waals surface area contributed by atoms with Crippen molar-refractivity contribution in [3.05, 3.63) is 45.4 Å². The van der Waals surface area contributed by atoms with Crippen LogP contribution in [0.1, 0.15) is 34.0 Å². The molecule has 0 atom stereocenters. The van der Waals surface area contributed by atoms with Crippen molar-refractivity contribution in [1.29, 1.82) is 0 Å². The third kappa shape index (κ3) is 6.67. The molecule has 5 nitrogen and oxygen atoms in total. The average Bonchev–Trinajstić information content (AvgIpc) is 2.98. The van der Waals surface area contributed by atoms with Crippen LogP contribution >= 0.6 is 11.3 Å². The molecule has 0 aliphatic heterocycles. The summed E-state index contributed by atoms with van der Waals surface area (Å²) in [5, 5.41) is 7.92. The number of aromatic nitrogens is 1. The molecule has 26 heavy (non-hydrogen) atoms. The molecule has 0 fully saturated rings. The molecule has 142 valence electrons. The summed E-state index contributed by atoms with van der Waals surface area (Å²) in [5.74, 6) is 1.77. The van der Waals surface area contributed by atoms with E-state index in [1.54, 1.807) is 18.4 Å². The highest BCUT2D eigenvalue weighted by atomic mass is 32.1. The molecular formula is C20H30N4OS. The van der Waals surface area contributed by atoms with E-state index in [4.69, 9.17) is 4.74 Å². The highest BCUT2D eigenvalue weighted by Crippen LogP contribution is 2.16. The number of nitrogens with zero attached hydrogens (tertiary/aromatic N) is 2. The van der Waals surface area contributed by atoms with E-state index in [0.29, 0.717) is 0 Å². The van der Waals surface area contributed by atoms with Crippen LogP contribution in [-0.2, 0) is 12.8 Å². The SMILES string of the molecule is CN=C(NCCCCc1ccc(OC)cc1)NCCc1nc(C)c(C)s1. The molecule has 6 heteroatoms. The second-order valence-corrected chi connectivity index (χ2v) is 7.52. The minimum Gasteiger partial charge on any atom is -0.497 e. The largest absolute Gasteiger partial charge is 0.497 e. The Hall–Kier alpha value is -2.08. The first-order valence-corrected chi connectivity index (χ1v) is 9.94. The first-order valence-electron chi connectivity index (χ1n) is 9.12. The minimum atomic E-state index is 0.845. The van der Waals surface area contributed by atoms with Crippen LogP contribution in [0.25, 0.3) is 0 Å². The fourth-order valence-corrected chi connectivity index (χ4v) is 3.54. The van der Waals surface area contributed by atoms with Gasteiger partial charge in [-0.25, -0.2) is 4.98 Å². The molecule has 0 unspecified atom stereocenters. The van der Waals surface area contributed by atoms with Gasteiger partial charge < -0.3 is 15.4 Å². The number of unbranched alkanes of at least 4 members (excludes halogenated alkanes) is 1. The van der Waals surface area contributed by atoms with E-state index in [2.05, 4.69) is 46.6 Å². The number of benzene rings is 1. The first-order chi connectivity index (χ1) is 12.6. The fourth-order valence-electron chi connectivity index (χ4n) is 2.61. The highest BCUT2D eigenvalue weighted by molar-refractivity contribution is 7.11. The Morgan fingerprint density at radius 1 is 1.08 bits per heavy atom. The van der Waals surface area contributed by atoms with Crippen LogP contribution in [0, 0.1) is 13.8 Å². The number of aryl methyl sites for hydroxylation is 3. The summed E-state index contributed by atoms with van der Waals surface area (Å²) in [6, 6.07) is 8.30. The average molecular weight is 375 g/mol. The smallest absolute Gasteiger partial charge is 0.190 e. The normalized spacial score (nSPS) is 11.5. The lowest BCUT2D eigenvalue weighted by Gasteiger charge is -2.11. The van der Waals surface area contributed by atoms with Gasteiger partial charge in [0.1, 0.15) is 5.75 Å². The Morgan fingerprint density at radius 3 is 2.42 bits per heavy atom. The molecule has 0 radical (unpaired) electrons. The summed E-state index contributed by atoms with van der Waals surface area (Å²) < 4.78 is 5.18. The molecule has 0 aliphatic carbocycles. The number of aliphatic imine (C=N–C) groups is 1. The molecule has 2 rings (SSSR count). The maximum Gasteiger partial charge on any atom is 0.190 e. The van der Waals surface area contributed by atoms with Crippen LogP contribution in [0.3, 0.4) is 0 Å². The van der Waals surface area contributed by atoms with E-state index >= 15 is 0 Å². The van der Waals surface area contributed by atoms with E-state index in [1.165, 1.54) is 15.4 Å². The van der Waals surface area contributed by atoms with Gasteiger partial charge in [0.05, 0.1) is 17.8 Å². The number of guanidine groups is 1. The van der Waals surface area contributed by atoms with Crippen LogP contribution in [0.4, 0.5) is 0 Å². The molecule has 0 aliphatic rings. The van der Waals surface area contributed by atoms with Gasteiger partial charge in [-0.2, -0.15) is 0 Å². The molecule has 0 saturated carbocycles. The lowest BCUT2D eigenvalue weighted by atomic mass is 10.1. The summed E-state index contributed by atoms with van der Waals surface area (Å²) in [6.07, 6.45) is 4.27. The Kier molecular flexibility index (Phi) is 8.41. The topological polar surface area (TPSA) is 58.5 Å². The van der Waals surface area contributed by atoms with Crippen LogP contribution in [0.15, 0.2) is 29.3 Å². The van der Waals surface area contributed by atoms with Crippen molar-refractivity contribution in [3.8, 4) is 5.75 Å². The second kappa shape index (κ2) is 10.8. The zero-order valence-electron chi connectivity index (χ0n) is 16.3. The molecule has 1 aromatic heterocycles. The number of nitrogens with one attached hydrogen (secondary N) is 2. The van der Waals surface area contributed by atoms with Crippen LogP contribution < -0.4 is 15.4 Å². The maximum absolute atomic E-state index is 5.18. The summed E-state index contributed by atoms with van der Waals surface area (Å²) in [6.45, 7) is 5.95. The molecule has 1 aromatic carbocycles. The van der Waals surface area contributed by atoms with Gasteiger partial charge in [0.2, 0.25) is 0 Å². The number of hydrogen-bond acceptors (Lipinski definition) is 4. The van der Waals surface area contributed by atoms with Gasteiger partial charge in [0.15, 0.2) is 5.96 Å². The standard InChI is InChI=1S/C20H30N4OS/c1-15-16(2)26-19(24-15)12-14-23-20(21-3)22-13-6-5-7-17-8-10-18(25-4)11-9-17/h8-11H,5-7,12-14H2,1-4H3,(H2,21,22,23). The van der Waals surface area contributed by atoms with Gasteiger partial charge in [0.25, 0.3) is 0 Å². The third-order valence-corrected chi connectivity index (χ3v) is 5.40. The van der Waals surface area contributed by atoms with Gasteiger partial charge in [-0.05, 0) is 50.8 Å². The number of hydrogen-bond donors (Lipinski definition) is 2. The lowest BCUT2D eigenvalue weighted by molar-refractivity contribution is 0.414. The fraction of sp³-hybridized carbons (Fsp3) is 0.500. The Balaban J connectivity index is 1.59. The summed E-state index contributed by atoms with van der Waals surface area (Å²) in [4.78, 5) is 10.2. The van der Waals surface area contributed by atoms with Gasteiger partial charge >= 0.3 is 0 Å². The van der Waals surface area contributed by atoms with E-state index in [9.17, 15) is 0 Å². The molecule has 0 spiro atoms. The predicted octanol–water partition coefficient (Wildman–Crippen LogP) is 3.50. The van der Waals surface area contributed by atoms with Gasteiger partial charge in [-0.1, -0.05) is 12.1 Å². The summed E-state index contributed by atoms with van der Waals surface area (Å²) in [5.41, 5.74) is 2.49. The van der Waals surface area contributed by atoms with Crippen molar-refractivity contribution < 1.29 is 4.74 Å². The third-order valence-electron chi connectivity index (χ3n) is 4.27. The second-order valence-electron chi connectivity index (χ2n) is 6.23. The zero-order chi connectivity index (χ0) is 18.8. The monoisotopic (exact) mass is 374 g/mol. The number of ether oxygens (including phenoxy) is 1. The summed E-state index contributed by atoms with van der Waals surface area (Å²) in [7, 11) is 3.50. The van der Waals surface area contributed by atoms with Crippen molar-refractivity contribution in [1.82, 2.24) is 15.6 Å². The zero-order valence-corrected chi connectivity index (χ0v) is 17.1. The van der Waals surface area contributed by atoms with Crippen LogP contribution in [0.2, 0.25) is 0 Å². The van der Waals surface area contributed by atoms with E-state index < -0.39 is 0 Å². The maximum atomic E-state index is 5.18. The Labute approximate surface area is 160 Å². The highest BCUT2D eigenvalue weighted by Gasteiger charge is 2.04. The Morgan fingerprint density at radius 2 is 1.81 bits per heavy atom. The number of methoxy groups -OCH3 is 1. The van der Waals surface area contributed by atoms with Crippen molar-refractivity contribution >= 4 is 17.3 Å². The van der Waals surface area contributed by atoms with Crippen LogP contribution in [-0.4, -0.2) is 38.2 Å². The van der Waals surface area contributed by atoms with Crippen LogP contribution in [0.5, 0.6) is 5.75 Å². The van der Waals surface area contributed by atoms with Crippen molar-refractivity contribution in [3.63, 3.8) is 0 Å². The van der Waals surface area contributed by atoms with E-state index in [1.807, 2.05) is 19.2 Å². The predicted molar refractivity (Wildman–Crippen MR) is 111 cm³/mol.